The Morgan fingerprint density at radius 1 is 0.829 bits per heavy atom. The molecule has 3 fully saturated rings. The highest BCUT2D eigenvalue weighted by atomic mass is 16.5. The molecule has 0 spiro atoms. The van der Waals surface area contributed by atoms with Crippen molar-refractivity contribution >= 4 is 5.97 Å². The van der Waals surface area contributed by atoms with Crippen molar-refractivity contribution in [2.24, 2.45) is 5.92 Å². The van der Waals surface area contributed by atoms with E-state index in [0.29, 0.717) is 5.92 Å². The Hall–Kier alpha value is -3.11. The minimum atomic E-state index is -0.320. The molecule has 7 rings (SSSR count). The molecule has 0 radical (unpaired) electrons. The van der Waals surface area contributed by atoms with Crippen LogP contribution in [-0.4, -0.2) is 49.3 Å². The van der Waals surface area contributed by atoms with Crippen LogP contribution in [0.1, 0.15) is 47.4 Å². The summed E-state index contributed by atoms with van der Waals surface area (Å²) >= 11 is 0. The fourth-order valence-corrected chi connectivity index (χ4v) is 6.57. The summed E-state index contributed by atoms with van der Waals surface area (Å²) < 4.78 is 13.4. The van der Waals surface area contributed by atoms with Gasteiger partial charge in [-0.25, -0.2) is 0 Å². The molecule has 3 aromatic rings. The van der Waals surface area contributed by atoms with Crippen LogP contribution in [0.2, 0.25) is 0 Å². The lowest BCUT2D eigenvalue weighted by molar-refractivity contribution is -0.946. The van der Waals surface area contributed by atoms with Gasteiger partial charge in [0, 0.05) is 25.2 Å². The van der Waals surface area contributed by atoms with Gasteiger partial charge in [0.2, 0.25) is 0 Å². The number of fused-ring (bicyclic) bond motifs is 5. The van der Waals surface area contributed by atoms with Crippen molar-refractivity contribution in [3.63, 3.8) is 0 Å². The molecule has 1 aliphatic carbocycles. The number of nitrogens with zero attached hydrogens (tertiary/aromatic N) is 1. The number of para-hydroxylation sites is 1. The number of hydrogen-bond acceptors (Lipinski definition) is 3. The van der Waals surface area contributed by atoms with Crippen molar-refractivity contribution < 1.29 is 18.8 Å². The number of carbonyl (C=O) groups excluding carboxylic acids is 1. The molecule has 0 unspecified atom stereocenters. The number of ether oxygens (including phenoxy) is 2. The summed E-state index contributed by atoms with van der Waals surface area (Å²) in [5.74, 6) is 1.03. The maximum Gasteiger partial charge on any atom is 0.318 e. The number of carbonyl (C=O) groups is 1. The third-order valence-corrected chi connectivity index (χ3v) is 8.45. The van der Waals surface area contributed by atoms with Crippen molar-refractivity contribution in [3.8, 4) is 5.75 Å². The van der Waals surface area contributed by atoms with Crippen LogP contribution in [0, 0.1) is 5.92 Å². The predicted molar refractivity (Wildman–Crippen MR) is 136 cm³/mol. The standard InChI is InChI=1S/C31H34NO3/c33-31(30-27-13-6-4-9-24(27)21-25-10-5-7-14-28(25)30)35-29-22-32(18-15-23(29)16-19-32)17-8-20-34-26-11-2-1-3-12-26/h1-7,9-14,23,29-30H,8,15-22H2/q+1/t23?,29-,32?/m0/s1. The van der Waals surface area contributed by atoms with Gasteiger partial charge in [-0.2, -0.15) is 0 Å². The summed E-state index contributed by atoms with van der Waals surface area (Å²) in [4.78, 5) is 13.7. The number of hydrogen-bond donors (Lipinski definition) is 0. The van der Waals surface area contributed by atoms with Crippen LogP contribution >= 0.6 is 0 Å². The molecular weight excluding hydrogens is 434 g/mol. The van der Waals surface area contributed by atoms with Crippen molar-refractivity contribution in [1.29, 1.82) is 0 Å². The summed E-state index contributed by atoms with van der Waals surface area (Å²) in [7, 11) is 0. The second-order valence-electron chi connectivity index (χ2n) is 10.5. The summed E-state index contributed by atoms with van der Waals surface area (Å²) in [6, 6.07) is 26.8. The maximum absolute atomic E-state index is 13.7. The molecular formula is C31H34NO3+. The number of esters is 1. The molecule has 3 heterocycles. The Balaban J connectivity index is 1.14. The zero-order valence-corrected chi connectivity index (χ0v) is 20.3. The zero-order valence-electron chi connectivity index (χ0n) is 20.3. The van der Waals surface area contributed by atoms with E-state index in [9.17, 15) is 4.79 Å². The summed E-state index contributed by atoms with van der Waals surface area (Å²) in [6.45, 7) is 5.15. The number of rotatable bonds is 7. The molecule has 3 saturated heterocycles. The van der Waals surface area contributed by atoms with Crippen molar-refractivity contribution in [1.82, 2.24) is 0 Å². The average molecular weight is 469 g/mol. The Labute approximate surface area is 208 Å². The first-order chi connectivity index (χ1) is 17.2. The first-order valence-electron chi connectivity index (χ1n) is 13.1. The predicted octanol–water partition coefficient (Wildman–Crippen LogP) is 5.34. The van der Waals surface area contributed by atoms with E-state index in [2.05, 4.69) is 36.4 Å². The van der Waals surface area contributed by atoms with Crippen LogP contribution < -0.4 is 4.74 Å². The highest BCUT2D eigenvalue weighted by Gasteiger charge is 2.48. The van der Waals surface area contributed by atoms with Crippen LogP contribution in [0.25, 0.3) is 0 Å². The Bertz CT molecular complexity index is 1140. The molecule has 4 heteroatoms. The Morgan fingerprint density at radius 2 is 1.46 bits per heavy atom. The van der Waals surface area contributed by atoms with Gasteiger partial charge in [0.1, 0.15) is 18.2 Å². The SMILES string of the molecule is O=C(O[C@H]1C[N+]2(CCCOc3ccccc3)CCC1CC2)C1c2ccccc2Cc2ccccc21. The normalized spacial score (nSPS) is 24.9. The summed E-state index contributed by atoms with van der Waals surface area (Å²) in [6.07, 6.45) is 4.21. The third-order valence-electron chi connectivity index (χ3n) is 8.45. The van der Waals surface area contributed by atoms with E-state index in [4.69, 9.17) is 9.47 Å². The molecule has 2 bridgehead atoms. The monoisotopic (exact) mass is 468 g/mol. The first-order valence-corrected chi connectivity index (χ1v) is 13.1. The van der Waals surface area contributed by atoms with E-state index in [1.807, 2.05) is 42.5 Å². The smallest absolute Gasteiger partial charge is 0.318 e. The minimum absolute atomic E-state index is 0.0151. The van der Waals surface area contributed by atoms with Crippen LogP contribution in [0.4, 0.5) is 0 Å². The molecule has 0 aromatic heterocycles. The van der Waals surface area contributed by atoms with E-state index in [0.717, 1.165) is 66.7 Å². The number of benzene rings is 3. The average Bonchev–Trinajstić information content (AvgIpc) is 2.91. The van der Waals surface area contributed by atoms with Crippen molar-refractivity contribution in [2.45, 2.75) is 37.7 Å². The van der Waals surface area contributed by atoms with Crippen LogP contribution in [0.3, 0.4) is 0 Å². The van der Waals surface area contributed by atoms with Gasteiger partial charge in [0.05, 0.1) is 26.2 Å². The van der Waals surface area contributed by atoms with Gasteiger partial charge in [-0.15, -0.1) is 0 Å². The van der Waals surface area contributed by atoms with Gasteiger partial charge in [-0.1, -0.05) is 66.7 Å². The second kappa shape index (κ2) is 9.50. The van der Waals surface area contributed by atoms with Crippen molar-refractivity contribution in [3.05, 3.63) is 101 Å². The van der Waals surface area contributed by atoms with Crippen LogP contribution in [0.5, 0.6) is 5.75 Å². The van der Waals surface area contributed by atoms with Gasteiger partial charge in [-0.05, 0) is 40.8 Å². The van der Waals surface area contributed by atoms with Gasteiger partial charge in [0.15, 0.2) is 6.10 Å². The largest absolute Gasteiger partial charge is 0.493 e. The molecule has 180 valence electrons. The molecule has 4 aliphatic rings. The minimum Gasteiger partial charge on any atom is -0.493 e. The molecule has 3 aromatic carbocycles. The third kappa shape index (κ3) is 4.48. The molecule has 1 atom stereocenters. The van der Waals surface area contributed by atoms with E-state index in [1.54, 1.807) is 0 Å². The fraction of sp³-hybridized carbons (Fsp3) is 0.387. The summed E-state index contributed by atoms with van der Waals surface area (Å²) in [5.41, 5.74) is 4.70. The van der Waals surface area contributed by atoms with Gasteiger partial charge < -0.3 is 14.0 Å². The van der Waals surface area contributed by atoms with Gasteiger partial charge in [-0.3, -0.25) is 4.79 Å². The van der Waals surface area contributed by atoms with E-state index in [1.165, 1.54) is 24.2 Å². The second-order valence-corrected chi connectivity index (χ2v) is 10.5. The number of piperidine rings is 3. The molecule has 3 aliphatic heterocycles. The quantitative estimate of drug-likeness (QED) is 0.267. The maximum atomic E-state index is 13.7. The zero-order chi connectivity index (χ0) is 23.7. The highest BCUT2D eigenvalue weighted by molar-refractivity contribution is 5.84. The van der Waals surface area contributed by atoms with Crippen LogP contribution in [-0.2, 0) is 16.0 Å². The fourth-order valence-electron chi connectivity index (χ4n) is 6.57. The molecule has 35 heavy (non-hydrogen) atoms. The van der Waals surface area contributed by atoms with E-state index >= 15 is 0 Å². The lowest BCUT2D eigenvalue weighted by Gasteiger charge is -2.52. The van der Waals surface area contributed by atoms with Crippen LogP contribution in [0.15, 0.2) is 78.9 Å². The molecule has 0 N–H and O–H groups in total. The highest BCUT2D eigenvalue weighted by Crippen LogP contribution is 2.40. The van der Waals surface area contributed by atoms with Crippen molar-refractivity contribution in [2.75, 3.05) is 32.8 Å². The molecule has 0 saturated carbocycles. The topological polar surface area (TPSA) is 35.5 Å². The van der Waals surface area contributed by atoms with E-state index < -0.39 is 0 Å². The molecule has 4 nitrogen and oxygen atoms in total. The lowest BCUT2D eigenvalue weighted by atomic mass is 9.78. The lowest BCUT2D eigenvalue weighted by Crippen LogP contribution is -2.64. The summed E-state index contributed by atoms with van der Waals surface area (Å²) in [5, 5.41) is 0. The van der Waals surface area contributed by atoms with Gasteiger partial charge in [0.25, 0.3) is 0 Å². The molecule has 0 amide bonds. The Morgan fingerprint density at radius 3 is 2.14 bits per heavy atom. The van der Waals surface area contributed by atoms with E-state index in [-0.39, 0.29) is 18.0 Å². The first kappa shape index (κ1) is 22.4. The number of quaternary nitrogens is 1. The Kier molecular flexibility index (Phi) is 6.07. The van der Waals surface area contributed by atoms with Gasteiger partial charge >= 0.3 is 5.97 Å².